The number of H-pyrrole nitrogens is 1. The van der Waals surface area contributed by atoms with Gasteiger partial charge in [0, 0.05) is 18.7 Å². The Morgan fingerprint density at radius 1 is 1.47 bits per heavy atom. The molecule has 1 aromatic heterocycles. The van der Waals surface area contributed by atoms with Crippen molar-refractivity contribution in [3.63, 3.8) is 0 Å². The highest BCUT2D eigenvalue weighted by atomic mass is 32.2. The lowest BCUT2D eigenvalue weighted by molar-refractivity contribution is 0.289. The fraction of sp³-hybridized carbons (Fsp3) is 0.700. The van der Waals surface area contributed by atoms with Gasteiger partial charge in [-0.05, 0) is 25.7 Å². The van der Waals surface area contributed by atoms with Gasteiger partial charge in [-0.3, -0.25) is 9.82 Å². The third kappa shape index (κ3) is 2.78. The van der Waals surface area contributed by atoms with Crippen LogP contribution in [0.1, 0.15) is 25.3 Å². The number of hydrogen-bond acceptors (Lipinski definition) is 3. The second kappa shape index (κ2) is 4.66. The van der Waals surface area contributed by atoms with E-state index in [4.69, 9.17) is 0 Å². The van der Waals surface area contributed by atoms with Crippen LogP contribution in [0.3, 0.4) is 0 Å². The van der Waals surface area contributed by atoms with Crippen LogP contribution in [-0.2, 0) is 10.2 Å². The van der Waals surface area contributed by atoms with Gasteiger partial charge in [0.25, 0.3) is 0 Å². The minimum absolute atomic E-state index is 0.448. The first-order chi connectivity index (χ1) is 7.99. The number of nitrogens with zero attached hydrogens (tertiary/aromatic N) is 2. The van der Waals surface area contributed by atoms with Crippen LogP contribution in [0.25, 0.3) is 0 Å². The van der Waals surface area contributed by atoms with Crippen LogP contribution < -0.4 is 4.72 Å². The zero-order valence-corrected chi connectivity index (χ0v) is 10.9. The highest BCUT2D eigenvalue weighted by Crippen LogP contribution is 2.20. The Labute approximate surface area is 102 Å². The van der Waals surface area contributed by atoms with Crippen LogP contribution in [0.15, 0.2) is 6.20 Å². The molecule has 1 aliphatic heterocycles. The van der Waals surface area contributed by atoms with Crippen molar-refractivity contribution in [2.24, 2.45) is 5.92 Å². The summed E-state index contributed by atoms with van der Waals surface area (Å²) in [6, 6.07) is 0. The van der Waals surface area contributed by atoms with Crippen LogP contribution in [-0.4, -0.2) is 36.0 Å². The monoisotopic (exact) mass is 258 g/mol. The summed E-state index contributed by atoms with van der Waals surface area (Å²) in [6.07, 6.45) is 3.43. The van der Waals surface area contributed by atoms with E-state index < -0.39 is 10.2 Å². The number of piperidine rings is 1. The number of hydrogen-bond donors (Lipinski definition) is 2. The van der Waals surface area contributed by atoms with Gasteiger partial charge in [0.15, 0.2) is 0 Å². The Morgan fingerprint density at radius 2 is 2.12 bits per heavy atom. The summed E-state index contributed by atoms with van der Waals surface area (Å²) in [5.41, 5.74) is 0.791. The van der Waals surface area contributed by atoms with E-state index in [1.165, 1.54) is 4.31 Å². The summed E-state index contributed by atoms with van der Waals surface area (Å²) in [5, 5.41) is 6.44. The summed E-state index contributed by atoms with van der Waals surface area (Å²) in [4.78, 5) is 0. The first-order valence-electron chi connectivity index (χ1n) is 5.77. The molecule has 0 amide bonds. The number of anilines is 1. The van der Waals surface area contributed by atoms with E-state index in [9.17, 15) is 8.42 Å². The number of aromatic nitrogens is 2. The predicted octanol–water partition coefficient (Wildman–Crippen LogP) is 1.11. The molecule has 0 spiro atoms. The van der Waals surface area contributed by atoms with Crippen molar-refractivity contribution in [3.05, 3.63) is 11.8 Å². The molecule has 7 heteroatoms. The van der Waals surface area contributed by atoms with Crippen LogP contribution in [0.4, 0.5) is 5.82 Å². The molecule has 96 valence electrons. The normalized spacial score (nSPS) is 19.4. The number of aryl methyl sites for hydroxylation is 1. The van der Waals surface area contributed by atoms with Crippen LogP contribution in [0.5, 0.6) is 0 Å². The minimum atomic E-state index is -3.44. The van der Waals surface area contributed by atoms with Gasteiger partial charge in [-0.1, -0.05) is 6.92 Å². The molecule has 6 nitrogen and oxygen atoms in total. The second-order valence-electron chi connectivity index (χ2n) is 4.62. The molecule has 0 atom stereocenters. The van der Waals surface area contributed by atoms with E-state index in [0.29, 0.717) is 24.8 Å². The first kappa shape index (κ1) is 12.4. The van der Waals surface area contributed by atoms with Crippen molar-refractivity contribution in [1.82, 2.24) is 14.5 Å². The molecule has 0 aromatic carbocycles. The summed E-state index contributed by atoms with van der Waals surface area (Å²) in [5.74, 6) is 1.05. The molecule has 1 saturated heterocycles. The maximum Gasteiger partial charge on any atom is 0.302 e. The summed E-state index contributed by atoms with van der Waals surface area (Å²) >= 11 is 0. The molecule has 0 unspecified atom stereocenters. The second-order valence-corrected chi connectivity index (χ2v) is 6.29. The summed E-state index contributed by atoms with van der Waals surface area (Å²) < 4.78 is 28.2. The molecule has 17 heavy (non-hydrogen) atoms. The van der Waals surface area contributed by atoms with Gasteiger partial charge < -0.3 is 0 Å². The largest absolute Gasteiger partial charge is 0.302 e. The molecule has 0 saturated carbocycles. The van der Waals surface area contributed by atoms with Gasteiger partial charge in [-0.2, -0.15) is 17.8 Å². The molecule has 2 rings (SSSR count). The van der Waals surface area contributed by atoms with Gasteiger partial charge in [-0.15, -0.1) is 0 Å². The molecular weight excluding hydrogens is 240 g/mol. The molecule has 2 heterocycles. The molecule has 0 bridgehead atoms. The van der Waals surface area contributed by atoms with Crippen molar-refractivity contribution in [1.29, 1.82) is 0 Å². The zero-order chi connectivity index (χ0) is 12.5. The standard InChI is InChI=1S/C10H18N4O2S/c1-8-3-5-14(6-4-8)17(15,16)13-10-9(2)7-11-12-10/h7-8H,3-6H2,1-2H3,(H2,11,12,13). The van der Waals surface area contributed by atoms with Gasteiger partial charge in [0.05, 0.1) is 6.20 Å². The highest BCUT2D eigenvalue weighted by Gasteiger charge is 2.26. The minimum Gasteiger partial charge on any atom is -0.262 e. The summed E-state index contributed by atoms with van der Waals surface area (Å²) in [6.45, 7) is 5.13. The Balaban J connectivity index is 2.07. The van der Waals surface area contributed by atoms with E-state index in [2.05, 4.69) is 21.8 Å². The molecule has 0 aliphatic carbocycles. The highest BCUT2D eigenvalue weighted by molar-refractivity contribution is 7.90. The van der Waals surface area contributed by atoms with Crippen molar-refractivity contribution < 1.29 is 8.42 Å². The Bertz CT molecular complexity index is 474. The first-order valence-corrected chi connectivity index (χ1v) is 7.21. The fourth-order valence-electron chi connectivity index (χ4n) is 1.87. The molecule has 1 aliphatic rings. The maximum absolute atomic E-state index is 12.1. The van der Waals surface area contributed by atoms with Crippen molar-refractivity contribution >= 4 is 16.0 Å². The van der Waals surface area contributed by atoms with Crippen LogP contribution in [0, 0.1) is 12.8 Å². The average molecular weight is 258 g/mol. The Kier molecular flexibility index (Phi) is 3.39. The van der Waals surface area contributed by atoms with Crippen molar-refractivity contribution in [2.45, 2.75) is 26.7 Å². The third-order valence-electron chi connectivity index (χ3n) is 3.14. The van der Waals surface area contributed by atoms with E-state index in [0.717, 1.165) is 18.4 Å². The van der Waals surface area contributed by atoms with E-state index >= 15 is 0 Å². The van der Waals surface area contributed by atoms with Gasteiger partial charge in [0.1, 0.15) is 5.82 Å². The lowest BCUT2D eigenvalue weighted by Crippen LogP contribution is -2.41. The average Bonchev–Trinajstić information content (AvgIpc) is 2.64. The smallest absolute Gasteiger partial charge is 0.262 e. The van der Waals surface area contributed by atoms with E-state index in [1.807, 2.05) is 0 Å². The molecule has 2 N–H and O–H groups in total. The molecule has 1 fully saturated rings. The van der Waals surface area contributed by atoms with E-state index in [-0.39, 0.29) is 0 Å². The van der Waals surface area contributed by atoms with Crippen molar-refractivity contribution in [3.8, 4) is 0 Å². The van der Waals surface area contributed by atoms with Gasteiger partial charge in [0.2, 0.25) is 0 Å². The van der Waals surface area contributed by atoms with E-state index in [1.54, 1.807) is 13.1 Å². The Hall–Kier alpha value is -1.08. The number of rotatable bonds is 3. The van der Waals surface area contributed by atoms with Crippen LogP contribution >= 0.6 is 0 Å². The zero-order valence-electron chi connectivity index (χ0n) is 10.1. The van der Waals surface area contributed by atoms with Gasteiger partial charge >= 0.3 is 10.2 Å². The van der Waals surface area contributed by atoms with Crippen LogP contribution in [0.2, 0.25) is 0 Å². The predicted molar refractivity (Wildman–Crippen MR) is 65.8 cm³/mol. The fourth-order valence-corrected chi connectivity index (χ4v) is 3.15. The topological polar surface area (TPSA) is 78.1 Å². The lowest BCUT2D eigenvalue weighted by Gasteiger charge is -2.29. The summed E-state index contributed by atoms with van der Waals surface area (Å²) in [7, 11) is -3.44. The lowest BCUT2D eigenvalue weighted by atomic mass is 10.0. The molecular formula is C10H18N4O2S. The SMILES string of the molecule is Cc1cn[nH]c1NS(=O)(=O)N1CCC(C)CC1. The Morgan fingerprint density at radius 3 is 2.65 bits per heavy atom. The van der Waals surface area contributed by atoms with Crippen molar-refractivity contribution in [2.75, 3.05) is 17.8 Å². The molecule has 0 radical (unpaired) electrons. The quantitative estimate of drug-likeness (QED) is 0.852. The molecule has 1 aromatic rings. The number of aromatic amines is 1. The van der Waals surface area contributed by atoms with Gasteiger partial charge in [-0.25, -0.2) is 0 Å². The maximum atomic E-state index is 12.1. The number of nitrogens with one attached hydrogen (secondary N) is 2. The third-order valence-corrected chi connectivity index (χ3v) is 4.65.